The van der Waals surface area contributed by atoms with Crippen molar-refractivity contribution < 1.29 is 4.79 Å². The summed E-state index contributed by atoms with van der Waals surface area (Å²) >= 11 is 2.80. The molecule has 4 aromatic rings. The lowest BCUT2D eigenvalue weighted by atomic mass is 9.93. The van der Waals surface area contributed by atoms with Gasteiger partial charge in [0, 0.05) is 10.8 Å². The van der Waals surface area contributed by atoms with E-state index in [9.17, 15) is 4.79 Å². The van der Waals surface area contributed by atoms with E-state index in [1.807, 2.05) is 11.4 Å². The molecule has 0 aliphatic heterocycles. The van der Waals surface area contributed by atoms with Crippen LogP contribution < -0.4 is 5.32 Å². The van der Waals surface area contributed by atoms with Crippen LogP contribution in [0.2, 0.25) is 0 Å². The lowest BCUT2D eigenvalue weighted by Crippen LogP contribution is -2.15. The van der Waals surface area contributed by atoms with Crippen molar-refractivity contribution in [2.24, 2.45) is 0 Å². The lowest BCUT2D eigenvalue weighted by molar-refractivity contribution is -0.113. The molecule has 0 spiro atoms. The quantitative estimate of drug-likeness (QED) is 0.342. The number of nitrogens with zero attached hydrogens (tertiary/aromatic N) is 5. The second-order valence-electron chi connectivity index (χ2n) is 8.37. The molecule has 0 aliphatic rings. The molecule has 3 heterocycles. The van der Waals surface area contributed by atoms with Crippen molar-refractivity contribution in [1.82, 2.24) is 24.7 Å². The van der Waals surface area contributed by atoms with Crippen molar-refractivity contribution in [1.29, 1.82) is 0 Å². The Kier molecular flexibility index (Phi) is 5.81. The maximum absolute atomic E-state index is 12.4. The van der Waals surface area contributed by atoms with Crippen molar-refractivity contribution >= 4 is 45.2 Å². The molecule has 4 rings (SSSR count). The van der Waals surface area contributed by atoms with Crippen molar-refractivity contribution in [2.75, 3.05) is 11.1 Å². The monoisotopic (exact) mass is 452 g/mol. The second kappa shape index (κ2) is 8.39. The minimum atomic E-state index is -0.117. The van der Waals surface area contributed by atoms with Crippen LogP contribution in [0.4, 0.5) is 5.13 Å². The van der Waals surface area contributed by atoms with Crippen LogP contribution in [-0.2, 0) is 10.2 Å². The summed E-state index contributed by atoms with van der Waals surface area (Å²) in [6.07, 6.45) is 3.26. The second-order valence-corrected chi connectivity index (χ2v) is 10.2. The molecule has 1 aromatic carbocycles. The summed E-state index contributed by atoms with van der Waals surface area (Å²) in [6, 6.07) is 6.18. The number of rotatable bonds is 5. The molecule has 0 bridgehead atoms. The first-order chi connectivity index (χ1) is 14.7. The van der Waals surface area contributed by atoms with Crippen molar-refractivity contribution in [3.8, 4) is 5.69 Å². The molecule has 0 atom stereocenters. The zero-order valence-electron chi connectivity index (χ0n) is 18.1. The van der Waals surface area contributed by atoms with Gasteiger partial charge in [-0.3, -0.25) is 4.79 Å². The molecule has 0 aliphatic carbocycles. The van der Waals surface area contributed by atoms with Crippen molar-refractivity contribution in [2.45, 2.75) is 45.1 Å². The first-order valence-corrected chi connectivity index (χ1v) is 11.7. The highest BCUT2D eigenvalue weighted by Crippen LogP contribution is 2.28. The van der Waals surface area contributed by atoms with Gasteiger partial charge in [0.1, 0.15) is 11.4 Å². The highest BCUT2D eigenvalue weighted by molar-refractivity contribution is 8.00. The van der Waals surface area contributed by atoms with Gasteiger partial charge >= 0.3 is 0 Å². The Morgan fingerprint density at radius 1 is 1.19 bits per heavy atom. The molecule has 9 heteroatoms. The van der Waals surface area contributed by atoms with Gasteiger partial charge in [-0.05, 0) is 37.1 Å². The van der Waals surface area contributed by atoms with Gasteiger partial charge < -0.3 is 5.32 Å². The summed E-state index contributed by atoms with van der Waals surface area (Å²) in [4.78, 5) is 25.7. The fraction of sp³-hybridized carbons (Fsp3) is 0.318. The van der Waals surface area contributed by atoms with Crippen LogP contribution in [0.1, 0.15) is 37.6 Å². The molecule has 0 saturated carbocycles. The zero-order valence-corrected chi connectivity index (χ0v) is 19.8. The van der Waals surface area contributed by atoms with Gasteiger partial charge in [0.25, 0.3) is 0 Å². The number of hydrogen-bond donors (Lipinski definition) is 1. The van der Waals surface area contributed by atoms with Gasteiger partial charge in [0.05, 0.1) is 28.7 Å². The molecule has 1 amide bonds. The van der Waals surface area contributed by atoms with Crippen molar-refractivity contribution in [3.05, 3.63) is 52.9 Å². The lowest BCUT2D eigenvalue weighted by Gasteiger charge is -2.14. The number of thioether (sulfide) groups is 1. The van der Waals surface area contributed by atoms with Gasteiger partial charge in [-0.25, -0.2) is 19.6 Å². The molecule has 7 nitrogen and oxygen atoms in total. The van der Waals surface area contributed by atoms with Gasteiger partial charge in [0.15, 0.2) is 10.8 Å². The smallest absolute Gasteiger partial charge is 0.236 e. The number of thiazole rings is 1. The molecular weight excluding hydrogens is 428 g/mol. The number of aryl methyl sites for hydroxylation is 2. The maximum Gasteiger partial charge on any atom is 0.236 e. The van der Waals surface area contributed by atoms with Gasteiger partial charge in [-0.2, -0.15) is 5.10 Å². The summed E-state index contributed by atoms with van der Waals surface area (Å²) in [5.41, 5.74) is 5.01. The molecule has 0 unspecified atom stereocenters. The van der Waals surface area contributed by atoms with Crippen LogP contribution in [0.5, 0.6) is 0 Å². The highest BCUT2D eigenvalue weighted by atomic mass is 32.2. The third kappa shape index (κ3) is 4.62. The molecule has 0 radical (unpaired) electrons. The standard InChI is InChI=1S/C22H24N6OS2/c1-13-6-7-15(8-14(13)2)28-19-16(9-25-28)20(24-12-23-19)30-11-18(29)27-21-26-17(10-31-21)22(3,4)5/h6-10,12H,11H2,1-5H3,(H,26,27,29). The number of fused-ring (bicyclic) bond motifs is 1. The summed E-state index contributed by atoms with van der Waals surface area (Å²) < 4.78 is 1.80. The fourth-order valence-electron chi connectivity index (χ4n) is 2.95. The van der Waals surface area contributed by atoms with Gasteiger partial charge in [-0.15, -0.1) is 11.3 Å². The van der Waals surface area contributed by atoms with Crippen molar-refractivity contribution in [3.63, 3.8) is 0 Å². The third-order valence-corrected chi connectivity index (χ3v) is 6.69. The Labute approximate surface area is 189 Å². The molecule has 0 fully saturated rings. The molecular formula is C22H24N6OS2. The minimum absolute atomic E-state index is 0.0447. The molecule has 1 N–H and O–H groups in total. The SMILES string of the molecule is Cc1ccc(-n2ncc3c(SCC(=O)Nc4nc(C(C)(C)C)cs4)ncnc32)cc1C. The predicted octanol–water partition coefficient (Wildman–Crippen LogP) is 4.92. The Morgan fingerprint density at radius 2 is 2.00 bits per heavy atom. The van der Waals surface area contributed by atoms with E-state index < -0.39 is 0 Å². The van der Waals surface area contributed by atoms with Crippen LogP contribution in [0.15, 0.2) is 41.1 Å². The van der Waals surface area contributed by atoms with E-state index >= 15 is 0 Å². The van der Waals surface area contributed by atoms with E-state index in [1.54, 1.807) is 10.9 Å². The summed E-state index contributed by atoms with van der Waals surface area (Å²) in [7, 11) is 0. The van der Waals surface area contributed by atoms with E-state index in [0.29, 0.717) is 5.13 Å². The number of carbonyl (C=O) groups excluding carboxylic acids is 1. The molecule has 0 saturated heterocycles. The van der Waals surface area contributed by atoms with E-state index in [2.05, 4.69) is 72.1 Å². The van der Waals surface area contributed by atoms with E-state index in [0.717, 1.165) is 27.4 Å². The van der Waals surface area contributed by atoms with Gasteiger partial charge in [-0.1, -0.05) is 38.6 Å². The third-order valence-electron chi connectivity index (χ3n) is 4.92. The average Bonchev–Trinajstić information content (AvgIpc) is 3.36. The first-order valence-electron chi connectivity index (χ1n) is 9.87. The Morgan fingerprint density at radius 3 is 2.71 bits per heavy atom. The number of anilines is 1. The maximum atomic E-state index is 12.4. The molecule has 160 valence electrons. The summed E-state index contributed by atoms with van der Waals surface area (Å²) in [6.45, 7) is 10.5. The number of hydrogen-bond acceptors (Lipinski definition) is 7. The van der Waals surface area contributed by atoms with Crippen LogP contribution in [0, 0.1) is 13.8 Å². The van der Waals surface area contributed by atoms with E-state index in [1.165, 1.54) is 40.6 Å². The molecule has 31 heavy (non-hydrogen) atoms. The van der Waals surface area contributed by atoms with E-state index in [4.69, 9.17) is 0 Å². The van der Waals surface area contributed by atoms with Crippen LogP contribution in [-0.4, -0.2) is 36.4 Å². The first kappa shape index (κ1) is 21.5. The van der Waals surface area contributed by atoms with Crippen LogP contribution in [0.25, 0.3) is 16.7 Å². The van der Waals surface area contributed by atoms with Crippen LogP contribution in [0.3, 0.4) is 0 Å². The molecule has 3 aromatic heterocycles. The Hall–Kier alpha value is -2.78. The Balaban J connectivity index is 1.49. The number of benzene rings is 1. The zero-order chi connectivity index (χ0) is 22.2. The average molecular weight is 453 g/mol. The normalized spacial score (nSPS) is 11.8. The minimum Gasteiger partial charge on any atom is -0.301 e. The topological polar surface area (TPSA) is 85.6 Å². The van der Waals surface area contributed by atoms with Crippen LogP contribution >= 0.6 is 23.1 Å². The largest absolute Gasteiger partial charge is 0.301 e. The Bertz CT molecular complexity index is 1250. The number of nitrogens with one attached hydrogen (secondary N) is 1. The van der Waals surface area contributed by atoms with Gasteiger partial charge in [0.2, 0.25) is 5.91 Å². The number of carbonyl (C=O) groups is 1. The number of amides is 1. The summed E-state index contributed by atoms with van der Waals surface area (Å²) in [5.74, 6) is 0.110. The summed E-state index contributed by atoms with van der Waals surface area (Å²) in [5, 5.41) is 11.5. The number of aromatic nitrogens is 5. The highest BCUT2D eigenvalue weighted by Gasteiger charge is 2.18. The van der Waals surface area contributed by atoms with E-state index in [-0.39, 0.29) is 17.1 Å². The predicted molar refractivity (Wildman–Crippen MR) is 126 cm³/mol. The fourth-order valence-corrected chi connectivity index (χ4v) is 4.66.